The van der Waals surface area contributed by atoms with E-state index in [0.717, 1.165) is 0 Å². The molecule has 1 aliphatic heterocycles. The number of hydrogen-bond acceptors (Lipinski definition) is 3. The van der Waals surface area contributed by atoms with Gasteiger partial charge in [-0.3, -0.25) is 0 Å². The molecule has 13 heteroatoms. The number of phosphoric acid groups is 1. The number of alkyl halides is 6. The van der Waals surface area contributed by atoms with Crippen LogP contribution in [0.4, 0.5) is 26.3 Å². The maximum atomic E-state index is 12.5. The van der Waals surface area contributed by atoms with E-state index in [2.05, 4.69) is 5.32 Å². The zero-order valence-corrected chi connectivity index (χ0v) is 14.1. The fraction of sp³-hybridized carbons (Fsp3) is 1.00. The molecule has 6 nitrogen and oxygen atoms in total. The summed E-state index contributed by atoms with van der Waals surface area (Å²) in [7, 11) is -3.11. The van der Waals surface area contributed by atoms with Gasteiger partial charge in [0.25, 0.3) is 0 Å². The van der Waals surface area contributed by atoms with Crippen molar-refractivity contribution in [2.75, 3.05) is 20.1 Å². The molecule has 4 N–H and O–H groups in total. The number of likely N-dealkylation sites (N-methyl/N-ethyl adjacent to an activating group) is 1. The van der Waals surface area contributed by atoms with Crippen molar-refractivity contribution in [1.29, 1.82) is 0 Å². The number of nitrogens with zero attached hydrogens (tertiary/aromatic N) is 1. The smallest absolute Gasteiger partial charge is 0.303 e. The highest BCUT2D eigenvalue weighted by molar-refractivity contribution is 7.45. The van der Waals surface area contributed by atoms with Crippen LogP contribution in [0.15, 0.2) is 0 Å². The van der Waals surface area contributed by atoms with E-state index < -0.39 is 44.1 Å². The molecule has 0 aromatic rings. The van der Waals surface area contributed by atoms with Gasteiger partial charge in [0.05, 0.1) is 12.8 Å². The van der Waals surface area contributed by atoms with Crippen LogP contribution in [0.1, 0.15) is 26.7 Å². The minimum Gasteiger partial charge on any atom is -0.303 e. The molecule has 2 unspecified atom stereocenters. The Kier molecular flexibility index (Phi) is 7.34. The van der Waals surface area contributed by atoms with Crippen LogP contribution in [0.2, 0.25) is 0 Å². The first-order chi connectivity index (χ1) is 10.2. The van der Waals surface area contributed by atoms with Gasteiger partial charge in [0.15, 0.2) is 0 Å². The second-order valence-electron chi connectivity index (χ2n) is 6.52. The van der Waals surface area contributed by atoms with E-state index in [9.17, 15) is 26.3 Å². The summed E-state index contributed by atoms with van der Waals surface area (Å²) in [4.78, 5) is 23.1. The van der Waals surface area contributed by atoms with Crippen LogP contribution in [-0.2, 0) is 4.57 Å². The van der Waals surface area contributed by atoms with Crippen molar-refractivity contribution >= 4 is 7.82 Å². The molecule has 1 heterocycles. The molecule has 2 atom stereocenters. The number of halogens is 6. The van der Waals surface area contributed by atoms with Crippen molar-refractivity contribution < 1.29 is 45.6 Å². The van der Waals surface area contributed by atoms with E-state index in [-0.39, 0.29) is 13.1 Å². The van der Waals surface area contributed by atoms with Crippen LogP contribution in [0.25, 0.3) is 0 Å². The van der Waals surface area contributed by atoms with E-state index >= 15 is 0 Å². The van der Waals surface area contributed by atoms with Crippen LogP contribution >= 0.6 is 7.82 Å². The molecule has 0 aromatic heterocycles. The molecular formula is C11H21F6N2O4P. The van der Waals surface area contributed by atoms with Gasteiger partial charge in [0.2, 0.25) is 0 Å². The van der Waals surface area contributed by atoms with E-state index in [1.54, 1.807) is 0 Å². The zero-order chi connectivity index (χ0) is 19.6. The quantitative estimate of drug-likeness (QED) is 0.426. The van der Waals surface area contributed by atoms with Crippen LogP contribution < -0.4 is 5.32 Å². The summed E-state index contributed by atoms with van der Waals surface area (Å²) in [6.45, 7) is 2.73. The first kappa shape index (κ1) is 23.6. The van der Waals surface area contributed by atoms with Crippen molar-refractivity contribution in [2.24, 2.45) is 0 Å². The van der Waals surface area contributed by atoms with Gasteiger partial charge in [-0.1, -0.05) is 0 Å². The normalized spacial score (nSPS) is 29.8. The van der Waals surface area contributed by atoms with E-state index in [1.807, 2.05) is 0 Å². The highest BCUT2D eigenvalue weighted by atomic mass is 31.2. The Balaban J connectivity index is 0.000000922. The molecule has 0 spiro atoms. The molecule has 0 bridgehead atoms. The molecule has 0 radical (unpaired) electrons. The molecule has 1 fully saturated rings. The van der Waals surface area contributed by atoms with Crippen molar-refractivity contribution in [3.63, 3.8) is 0 Å². The minimum atomic E-state index is -4.64. The fourth-order valence-corrected chi connectivity index (χ4v) is 3.14. The summed E-state index contributed by atoms with van der Waals surface area (Å²) in [5.41, 5.74) is -2.82. The highest BCUT2D eigenvalue weighted by Gasteiger charge is 2.50. The second-order valence-corrected chi connectivity index (χ2v) is 7.54. The molecule has 24 heavy (non-hydrogen) atoms. The zero-order valence-electron chi connectivity index (χ0n) is 13.2. The average molecular weight is 390 g/mol. The lowest BCUT2D eigenvalue weighted by Crippen LogP contribution is -2.69. The summed E-state index contributed by atoms with van der Waals surface area (Å²) in [6.07, 6.45) is -11.1. The minimum absolute atomic E-state index is 0.0555. The monoisotopic (exact) mass is 390 g/mol. The van der Waals surface area contributed by atoms with Gasteiger partial charge in [0, 0.05) is 24.2 Å². The van der Waals surface area contributed by atoms with Gasteiger partial charge < -0.3 is 24.9 Å². The fourth-order valence-electron chi connectivity index (χ4n) is 3.14. The summed E-state index contributed by atoms with van der Waals surface area (Å²) >= 11 is 0. The molecule has 146 valence electrons. The predicted molar refractivity (Wildman–Crippen MR) is 73.0 cm³/mol. The first-order valence-corrected chi connectivity index (χ1v) is 8.18. The Morgan fingerprint density at radius 3 is 1.42 bits per heavy atom. The number of nitrogens with one attached hydrogen (secondary N) is 1. The van der Waals surface area contributed by atoms with E-state index in [1.165, 1.54) is 25.8 Å². The van der Waals surface area contributed by atoms with Gasteiger partial charge in [0.1, 0.15) is 0 Å². The van der Waals surface area contributed by atoms with Crippen LogP contribution in [-0.4, -0.2) is 63.1 Å². The second kappa shape index (κ2) is 7.46. The molecule has 0 aliphatic carbocycles. The average Bonchev–Trinajstić information content (AvgIpc) is 2.00. The number of hydrogen-bond donors (Lipinski definition) is 4. The number of rotatable bonds is 2. The molecule has 1 saturated heterocycles. The van der Waals surface area contributed by atoms with Gasteiger partial charge in [-0.15, -0.1) is 0 Å². The predicted octanol–water partition coefficient (Wildman–Crippen LogP) is 2.02. The van der Waals surface area contributed by atoms with E-state index in [4.69, 9.17) is 19.2 Å². The van der Waals surface area contributed by atoms with Crippen molar-refractivity contribution in [1.82, 2.24) is 10.2 Å². The van der Waals surface area contributed by atoms with Gasteiger partial charge in [-0.2, -0.15) is 26.3 Å². The maximum Gasteiger partial charge on any atom is 0.466 e. The SMILES string of the molecule is CN1CC(C)(CC(F)(F)F)NC(C)(CC(F)(F)F)C1.O=P(O)(O)O. The third-order valence-electron chi connectivity index (χ3n) is 3.02. The summed E-state index contributed by atoms with van der Waals surface area (Å²) in [5.74, 6) is 0. The first-order valence-electron chi connectivity index (χ1n) is 6.62. The Morgan fingerprint density at radius 2 is 1.21 bits per heavy atom. The molecular weight excluding hydrogens is 369 g/mol. The van der Waals surface area contributed by atoms with Crippen molar-refractivity contribution in [3.8, 4) is 0 Å². The molecule has 1 rings (SSSR count). The Hall–Kier alpha value is -0.390. The Bertz CT molecular complexity index is 430. The standard InChI is InChI=1S/C11H18F6N2.H3O4P/c1-8(4-10(12,13)14)6-19(3)7-9(2,18-8)5-11(15,16)17;1-5(2,3)4/h18H,4-7H2,1-3H3;(H3,1,2,3,4). The Labute approximate surface area is 135 Å². The van der Waals surface area contributed by atoms with Gasteiger partial charge in [-0.05, 0) is 20.9 Å². The lowest BCUT2D eigenvalue weighted by atomic mass is 9.84. The largest absolute Gasteiger partial charge is 0.466 e. The molecule has 0 saturated carbocycles. The van der Waals surface area contributed by atoms with Crippen LogP contribution in [0.5, 0.6) is 0 Å². The van der Waals surface area contributed by atoms with Crippen molar-refractivity contribution in [3.05, 3.63) is 0 Å². The maximum absolute atomic E-state index is 12.5. The molecule has 1 aliphatic rings. The molecule has 0 aromatic carbocycles. The van der Waals surface area contributed by atoms with Gasteiger partial charge >= 0.3 is 20.2 Å². The van der Waals surface area contributed by atoms with Crippen LogP contribution in [0.3, 0.4) is 0 Å². The number of piperazine rings is 1. The summed E-state index contributed by atoms with van der Waals surface area (Å²) < 4.78 is 84.0. The van der Waals surface area contributed by atoms with Gasteiger partial charge in [-0.25, -0.2) is 4.57 Å². The third-order valence-corrected chi connectivity index (χ3v) is 3.02. The lowest BCUT2D eigenvalue weighted by Gasteiger charge is -2.50. The topological polar surface area (TPSA) is 93.0 Å². The molecule has 0 amide bonds. The Morgan fingerprint density at radius 1 is 0.958 bits per heavy atom. The summed E-state index contributed by atoms with van der Waals surface area (Å²) in [6, 6.07) is 0. The van der Waals surface area contributed by atoms with E-state index in [0.29, 0.717) is 0 Å². The highest BCUT2D eigenvalue weighted by Crippen LogP contribution is 2.36. The lowest BCUT2D eigenvalue weighted by molar-refractivity contribution is -0.171. The van der Waals surface area contributed by atoms with Crippen LogP contribution in [0, 0.1) is 0 Å². The van der Waals surface area contributed by atoms with Crippen molar-refractivity contribution in [2.45, 2.75) is 50.1 Å². The third kappa shape index (κ3) is 12.0. The summed E-state index contributed by atoms with van der Waals surface area (Å²) in [5, 5.41) is 2.57.